The maximum absolute atomic E-state index is 12.9. The Morgan fingerprint density at radius 3 is 2.84 bits per heavy atom. The molecule has 2 aliphatic rings. The van der Waals surface area contributed by atoms with Crippen molar-refractivity contribution in [3.05, 3.63) is 48.0 Å². The highest BCUT2D eigenvalue weighted by molar-refractivity contribution is 7.09. The average molecular weight is 437 g/mol. The van der Waals surface area contributed by atoms with Gasteiger partial charge in [0.05, 0.1) is 17.3 Å². The van der Waals surface area contributed by atoms with Gasteiger partial charge < -0.3 is 15.3 Å². The van der Waals surface area contributed by atoms with Crippen LogP contribution in [-0.4, -0.2) is 61.9 Å². The Labute approximate surface area is 181 Å². The van der Waals surface area contributed by atoms with E-state index in [0.29, 0.717) is 22.1 Å². The summed E-state index contributed by atoms with van der Waals surface area (Å²) in [7, 11) is 0. The van der Waals surface area contributed by atoms with Gasteiger partial charge in [-0.1, -0.05) is 0 Å². The third kappa shape index (κ3) is 3.46. The van der Waals surface area contributed by atoms with E-state index < -0.39 is 17.7 Å². The maximum atomic E-state index is 12.9. The number of fused-ring (bicyclic) bond motifs is 1. The van der Waals surface area contributed by atoms with Gasteiger partial charge in [-0.3, -0.25) is 19.5 Å². The highest BCUT2D eigenvalue weighted by Gasteiger charge is 2.41. The fourth-order valence-electron chi connectivity index (χ4n) is 3.91. The molecule has 0 aromatic carbocycles. The van der Waals surface area contributed by atoms with Crippen LogP contribution in [-0.2, 0) is 4.79 Å². The van der Waals surface area contributed by atoms with Crippen molar-refractivity contribution in [2.45, 2.75) is 13.0 Å². The van der Waals surface area contributed by atoms with E-state index in [-0.39, 0.29) is 12.6 Å². The molecule has 0 aliphatic carbocycles. The molecule has 158 valence electrons. The number of carbonyl (C=O) groups is 2. The van der Waals surface area contributed by atoms with Crippen LogP contribution in [0.3, 0.4) is 0 Å². The normalized spacial score (nSPS) is 18.5. The first kappa shape index (κ1) is 19.4. The zero-order valence-electron chi connectivity index (χ0n) is 16.6. The summed E-state index contributed by atoms with van der Waals surface area (Å²) in [5.74, 6) is -1.55. The van der Waals surface area contributed by atoms with Gasteiger partial charge in [0, 0.05) is 43.6 Å². The van der Waals surface area contributed by atoms with E-state index in [2.05, 4.69) is 24.6 Å². The molecule has 10 nitrogen and oxygen atoms in total. The van der Waals surface area contributed by atoms with Gasteiger partial charge in [-0.05, 0) is 30.7 Å². The van der Waals surface area contributed by atoms with Crippen LogP contribution in [0.2, 0.25) is 0 Å². The first-order chi connectivity index (χ1) is 15.0. The second-order valence-corrected chi connectivity index (χ2v) is 8.33. The minimum absolute atomic E-state index is 0.0164. The van der Waals surface area contributed by atoms with Crippen LogP contribution in [0.4, 0.5) is 22.5 Å². The Kier molecular flexibility index (Phi) is 4.74. The van der Waals surface area contributed by atoms with Gasteiger partial charge in [0.25, 0.3) is 0 Å². The second kappa shape index (κ2) is 7.58. The Balaban J connectivity index is 1.44. The summed E-state index contributed by atoms with van der Waals surface area (Å²) in [6, 6.07) is 5.97. The van der Waals surface area contributed by atoms with Crippen molar-refractivity contribution >= 4 is 45.7 Å². The molecule has 2 aliphatic heterocycles. The van der Waals surface area contributed by atoms with Gasteiger partial charge >= 0.3 is 5.97 Å². The standard InChI is InChI=1S/C20H19N7O3S/c1-11-5-15(26-7-13(8-26)24-12-3-2-4-21-6-12)25-18-16(11)17(28)14(19(29)30)9-27(18)20-22-10-23-31-20/h2-6,10,13-14,24H,7-9H2,1H3,(H,29,30). The quantitative estimate of drug-likeness (QED) is 0.572. The molecule has 0 amide bonds. The van der Waals surface area contributed by atoms with E-state index >= 15 is 0 Å². The molecule has 0 spiro atoms. The lowest BCUT2D eigenvalue weighted by atomic mass is 9.90. The highest BCUT2D eigenvalue weighted by atomic mass is 32.1. The van der Waals surface area contributed by atoms with Crippen LogP contribution < -0.4 is 15.1 Å². The molecule has 11 heteroatoms. The fraction of sp³-hybridized carbons (Fsp3) is 0.300. The van der Waals surface area contributed by atoms with Crippen LogP contribution in [0.25, 0.3) is 0 Å². The fourth-order valence-corrected chi connectivity index (χ4v) is 4.46. The van der Waals surface area contributed by atoms with Crippen molar-refractivity contribution in [1.82, 2.24) is 19.3 Å². The second-order valence-electron chi connectivity index (χ2n) is 7.57. The van der Waals surface area contributed by atoms with Crippen LogP contribution >= 0.6 is 11.5 Å². The number of rotatable bonds is 5. The molecule has 3 aromatic rings. The highest BCUT2D eigenvalue weighted by Crippen LogP contribution is 2.38. The lowest BCUT2D eigenvalue weighted by Crippen LogP contribution is -2.55. The molecule has 1 unspecified atom stereocenters. The number of aromatic nitrogens is 4. The first-order valence-electron chi connectivity index (χ1n) is 9.75. The molecule has 0 saturated carbocycles. The summed E-state index contributed by atoms with van der Waals surface area (Å²) in [5.41, 5.74) is 2.01. The number of hydrogen-bond donors (Lipinski definition) is 2. The minimum atomic E-state index is -1.17. The number of carboxylic acids is 1. The van der Waals surface area contributed by atoms with Crippen molar-refractivity contribution in [1.29, 1.82) is 0 Å². The van der Waals surface area contributed by atoms with Gasteiger partial charge in [0.1, 0.15) is 23.9 Å². The third-order valence-corrected chi connectivity index (χ3v) is 6.17. The molecule has 3 aromatic heterocycles. The largest absolute Gasteiger partial charge is 0.481 e. The van der Waals surface area contributed by atoms with E-state index in [0.717, 1.165) is 36.1 Å². The molecule has 1 fully saturated rings. The van der Waals surface area contributed by atoms with E-state index in [1.54, 1.807) is 17.3 Å². The first-order valence-corrected chi connectivity index (χ1v) is 10.5. The number of ketones is 1. The summed E-state index contributed by atoms with van der Waals surface area (Å²) in [5, 5.41) is 13.5. The third-order valence-electron chi connectivity index (χ3n) is 5.48. The summed E-state index contributed by atoms with van der Waals surface area (Å²) >= 11 is 1.14. The molecule has 2 N–H and O–H groups in total. The molecule has 5 rings (SSSR count). The van der Waals surface area contributed by atoms with Crippen LogP contribution in [0, 0.1) is 12.8 Å². The smallest absolute Gasteiger partial charge is 0.316 e. The number of hydrogen-bond acceptors (Lipinski definition) is 10. The monoisotopic (exact) mass is 437 g/mol. The SMILES string of the molecule is Cc1cc(N2CC(Nc3cccnc3)C2)nc2c1C(=O)C(C(=O)O)CN2c1ncns1. The zero-order chi connectivity index (χ0) is 21.5. The summed E-state index contributed by atoms with van der Waals surface area (Å²) in [6.07, 6.45) is 4.93. The van der Waals surface area contributed by atoms with E-state index in [1.165, 1.54) is 6.33 Å². The number of nitrogens with zero attached hydrogens (tertiary/aromatic N) is 6. The molecule has 0 radical (unpaired) electrons. The Morgan fingerprint density at radius 2 is 2.16 bits per heavy atom. The number of nitrogens with one attached hydrogen (secondary N) is 1. The maximum Gasteiger partial charge on any atom is 0.316 e. The van der Waals surface area contributed by atoms with Crippen molar-refractivity contribution in [2.24, 2.45) is 5.92 Å². The molecule has 31 heavy (non-hydrogen) atoms. The topological polar surface area (TPSA) is 124 Å². The Hall–Kier alpha value is -3.60. The number of Topliss-reactive ketones (excluding diaryl/α,β-unsaturated/α-hetero) is 1. The van der Waals surface area contributed by atoms with Crippen LogP contribution in [0.1, 0.15) is 15.9 Å². The number of carboxylic acid groups (broad SMARTS) is 1. The number of aliphatic carboxylic acids is 1. The van der Waals surface area contributed by atoms with E-state index in [1.807, 2.05) is 25.1 Å². The number of carbonyl (C=O) groups excluding carboxylic acids is 1. The molecule has 0 bridgehead atoms. The predicted molar refractivity (Wildman–Crippen MR) is 115 cm³/mol. The van der Waals surface area contributed by atoms with E-state index in [4.69, 9.17) is 4.98 Å². The van der Waals surface area contributed by atoms with Gasteiger partial charge in [0.15, 0.2) is 5.78 Å². The number of anilines is 4. The van der Waals surface area contributed by atoms with E-state index in [9.17, 15) is 14.7 Å². The van der Waals surface area contributed by atoms with Crippen molar-refractivity contribution < 1.29 is 14.7 Å². The Morgan fingerprint density at radius 1 is 1.32 bits per heavy atom. The lowest BCUT2D eigenvalue weighted by molar-refractivity contribution is -0.139. The zero-order valence-corrected chi connectivity index (χ0v) is 17.4. The lowest BCUT2D eigenvalue weighted by Gasteiger charge is -2.42. The average Bonchev–Trinajstić information content (AvgIpc) is 3.25. The molecular formula is C20H19N7O3S. The van der Waals surface area contributed by atoms with Gasteiger partial charge in [-0.2, -0.15) is 4.37 Å². The summed E-state index contributed by atoms with van der Waals surface area (Å²) in [4.78, 5) is 41.5. The number of aryl methyl sites for hydroxylation is 1. The molecule has 1 atom stereocenters. The minimum Gasteiger partial charge on any atom is -0.481 e. The van der Waals surface area contributed by atoms with Crippen molar-refractivity contribution in [3.8, 4) is 0 Å². The molecule has 5 heterocycles. The summed E-state index contributed by atoms with van der Waals surface area (Å²) < 4.78 is 4.02. The van der Waals surface area contributed by atoms with Gasteiger partial charge in [-0.25, -0.2) is 9.97 Å². The predicted octanol–water partition coefficient (Wildman–Crippen LogP) is 1.97. The molecular weight excluding hydrogens is 418 g/mol. The van der Waals surface area contributed by atoms with Crippen LogP contribution in [0.15, 0.2) is 36.9 Å². The van der Waals surface area contributed by atoms with Crippen molar-refractivity contribution in [3.63, 3.8) is 0 Å². The summed E-state index contributed by atoms with van der Waals surface area (Å²) in [6.45, 7) is 3.31. The van der Waals surface area contributed by atoms with Gasteiger partial charge in [0.2, 0.25) is 5.13 Å². The molecule has 1 saturated heterocycles. The Bertz CT molecular complexity index is 1130. The van der Waals surface area contributed by atoms with Crippen molar-refractivity contribution in [2.75, 3.05) is 34.8 Å². The van der Waals surface area contributed by atoms with Crippen LogP contribution in [0.5, 0.6) is 0 Å². The van der Waals surface area contributed by atoms with Gasteiger partial charge in [-0.15, -0.1) is 0 Å². The number of pyridine rings is 2.